The summed E-state index contributed by atoms with van der Waals surface area (Å²) in [6, 6.07) is 10.9. The normalized spacial score (nSPS) is 11.6. The first-order valence-electron chi connectivity index (χ1n) is 7.54. The van der Waals surface area contributed by atoms with Crippen molar-refractivity contribution in [3.8, 4) is 9.88 Å². The molecule has 0 saturated heterocycles. The number of benzene rings is 1. The van der Waals surface area contributed by atoms with E-state index in [0.29, 0.717) is 17.1 Å². The van der Waals surface area contributed by atoms with Crippen LogP contribution in [-0.4, -0.2) is 19.9 Å². The molecule has 7 heteroatoms. The average molecular weight is 379 g/mol. The van der Waals surface area contributed by atoms with E-state index in [1.165, 1.54) is 27.0 Å². The van der Waals surface area contributed by atoms with Gasteiger partial charge in [-0.1, -0.05) is 18.2 Å². The van der Waals surface area contributed by atoms with Crippen molar-refractivity contribution in [3.63, 3.8) is 0 Å². The van der Waals surface area contributed by atoms with Gasteiger partial charge in [-0.05, 0) is 39.0 Å². The highest BCUT2D eigenvalue weighted by Crippen LogP contribution is 2.37. The molecule has 0 aliphatic heterocycles. The Kier molecular flexibility index (Phi) is 4.76. The van der Waals surface area contributed by atoms with E-state index < -0.39 is 10.0 Å². The van der Waals surface area contributed by atoms with Gasteiger partial charge in [-0.3, -0.25) is 4.31 Å². The molecule has 0 spiro atoms. The first-order valence-corrected chi connectivity index (χ1v) is 10.7. The zero-order chi connectivity index (χ0) is 17.3. The van der Waals surface area contributed by atoms with E-state index in [9.17, 15) is 8.42 Å². The number of sulfonamides is 1. The minimum atomic E-state index is -3.59. The van der Waals surface area contributed by atoms with Gasteiger partial charge < -0.3 is 0 Å². The van der Waals surface area contributed by atoms with Crippen LogP contribution in [0.15, 0.2) is 46.7 Å². The van der Waals surface area contributed by atoms with E-state index in [-0.39, 0.29) is 0 Å². The molecule has 2 aromatic heterocycles. The smallest absolute Gasteiger partial charge is 0.265 e. The van der Waals surface area contributed by atoms with Crippen molar-refractivity contribution < 1.29 is 8.42 Å². The number of nitrogens with zero attached hydrogens (tertiary/aromatic N) is 2. The summed E-state index contributed by atoms with van der Waals surface area (Å²) >= 11 is 3.01. The summed E-state index contributed by atoms with van der Waals surface area (Å²) < 4.78 is 27.7. The lowest BCUT2D eigenvalue weighted by molar-refractivity contribution is 0.592. The Bertz CT molecular complexity index is 943. The van der Waals surface area contributed by atoms with Crippen molar-refractivity contribution in [2.24, 2.45) is 0 Å². The molecular formula is C17H18N2O2S3. The zero-order valence-corrected chi connectivity index (χ0v) is 16.1. The van der Waals surface area contributed by atoms with Gasteiger partial charge in [0.15, 0.2) is 0 Å². The molecule has 0 saturated carbocycles. The molecule has 0 unspecified atom stereocenters. The quantitative estimate of drug-likeness (QED) is 0.646. The number of anilines is 1. The Morgan fingerprint density at radius 1 is 1.17 bits per heavy atom. The van der Waals surface area contributed by atoms with Gasteiger partial charge in [-0.2, -0.15) is 0 Å². The van der Waals surface area contributed by atoms with Crippen LogP contribution in [-0.2, 0) is 10.0 Å². The lowest BCUT2D eigenvalue weighted by atomic mass is 10.3. The summed E-state index contributed by atoms with van der Waals surface area (Å²) in [5.74, 6) is 0. The fraction of sp³-hybridized carbons (Fsp3) is 0.235. The summed E-state index contributed by atoms with van der Waals surface area (Å²) in [7, 11) is -3.59. The Balaban J connectivity index is 2.05. The van der Waals surface area contributed by atoms with Crippen molar-refractivity contribution in [3.05, 3.63) is 52.3 Å². The number of hydrogen-bond donors (Lipinski definition) is 0. The van der Waals surface area contributed by atoms with Gasteiger partial charge in [-0.15, -0.1) is 22.7 Å². The molecule has 2 heterocycles. The summed E-state index contributed by atoms with van der Waals surface area (Å²) in [6.45, 7) is 6.01. The van der Waals surface area contributed by atoms with Gasteiger partial charge in [0.1, 0.15) is 9.90 Å². The number of para-hydroxylation sites is 1. The van der Waals surface area contributed by atoms with Crippen LogP contribution in [0.25, 0.3) is 9.88 Å². The van der Waals surface area contributed by atoms with Gasteiger partial charge in [0.05, 0.1) is 10.6 Å². The Labute approximate surface area is 150 Å². The molecule has 0 aliphatic rings. The Morgan fingerprint density at radius 2 is 1.88 bits per heavy atom. The lowest BCUT2D eigenvalue weighted by Gasteiger charge is -2.22. The van der Waals surface area contributed by atoms with Crippen LogP contribution in [0.3, 0.4) is 0 Å². The Hall–Kier alpha value is -1.70. The molecule has 0 radical (unpaired) electrons. The van der Waals surface area contributed by atoms with Gasteiger partial charge in [0.2, 0.25) is 0 Å². The van der Waals surface area contributed by atoms with Crippen LogP contribution in [0.4, 0.5) is 5.69 Å². The minimum absolute atomic E-state index is 0.362. The number of hydrogen-bond acceptors (Lipinski definition) is 5. The predicted octanol–water partition coefficient (Wildman–Crippen LogP) is 4.70. The van der Waals surface area contributed by atoms with Crippen LogP contribution in [0.1, 0.15) is 17.5 Å². The summed E-state index contributed by atoms with van der Waals surface area (Å²) in [6.07, 6.45) is 0. The minimum Gasteiger partial charge on any atom is -0.267 e. The highest BCUT2D eigenvalue weighted by Gasteiger charge is 2.27. The molecule has 0 atom stereocenters. The van der Waals surface area contributed by atoms with E-state index >= 15 is 0 Å². The lowest BCUT2D eigenvalue weighted by Crippen LogP contribution is -2.30. The predicted molar refractivity (Wildman–Crippen MR) is 102 cm³/mol. The largest absolute Gasteiger partial charge is 0.267 e. The molecule has 0 N–H and O–H groups in total. The van der Waals surface area contributed by atoms with Gasteiger partial charge in [0.25, 0.3) is 10.0 Å². The maximum Gasteiger partial charge on any atom is 0.265 e. The molecule has 0 aliphatic carbocycles. The van der Waals surface area contributed by atoms with E-state index in [2.05, 4.69) is 4.98 Å². The standard InChI is InChI=1S/C17H18N2O2S3/c1-4-19(14-8-6-5-7-9-14)24(20,21)16-10-15(23-13(16)3)17-18-12(2)11-22-17/h5-11H,4H2,1-3H3. The van der Waals surface area contributed by atoms with Gasteiger partial charge in [-0.25, -0.2) is 13.4 Å². The van der Waals surface area contributed by atoms with Crippen molar-refractivity contribution >= 4 is 38.4 Å². The number of aryl methyl sites for hydroxylation is 2. The van der Waals surface area contributed by atoms with Crippen molar-refractivity contribution in [1.29, 1.82) is 0 Å². The van der Waals surface area contributed by atoms with E-state index in [0.717, 1.165) is 20.5 Å². The summed E-state index contributed by atoms with van der Waals surface area (Å²) in [4.78, 5) is 6.50. The molecule has 0 bridgehead atoms. The molecule has 1 aromatic carbocycles. The van der Waals surface area contributed by atoms with Gasteiger partial charge >= 0.3 is 0 Å². The SMILES string of the molecule is CCN(c1ccccc1)S(=O)(=O)c1cc(-c2nc(C)cs2)sc1C. The highest BCUT2D eigenvalue weighted by molar-refractivity contribution is 7.93. The third-order valence-electron chi connectivity index (χ3n) is 3.60. The number of aromatic nitrogens is 1. The number of rotatable bonds is 5. The Morgan fingerprint density at radius 3 is 2.46 bits per heavy atom. The van der Waals surface area contributed by atoms with E-state index in [4.69, 9.17) is 0 Å². The van der Waals surface area contributed by atoms with Crippen molar-refractivity contribution in [2.45, 2.75) is 25.7 Å². The van der Waals surface area contributed by atoms with Crippen LogP contribution < -0.4 is 4.31 Å². The molecule has 0 fully saturated rings. The van der Waals surface area contributed by atoms with Crippen molar-refractivity contribution in [2.75, 3.05) is 10.8 Å². The second-order valence-electron chi connectivity index (χ2n) is 5.33. The van der Waals surface area contributed by atoms with E-state index in [1.807, 2.05) is 56.5 Å². The maximum atomic E-state index is 13.2. The average Bonchev–Trinajstić information content (AvgIpc) is 3.15. The first kappa shape index (κ1) is 17.1. The van der Waals surface area contributed by atoms with Crippen LogP contribution >= 0.6 is 22.7 Å². The molecule has 3 rings (SSSR count). The zero-order valence-electron chi connectivity index (χ0n) is 13.7. The molecule has 0 amide bonds. The molecule has 126 valence electrons. The second-order valence-corrected chi connectivity index (χ2v) is 9.28. The fourth-order valence-electron chi connectivity index (χ4n) is 2.50. The molecule has 24 heavy (non-hydrogen) atoms. The van der Waals surface area contributed by atoms with Crippen LogP contribution in [0.2, 0.25) is 0 Å². The monoisotopic (exact) mass is 378 g/mol. The first-order chi connectivity index (χ1) is 11.4. The van der Waals surface area contributed by atoms with Crippen LogP contribution in [0, 0.1) is 13.8 Å². The molecule has 3 aromatic rings. The number of thiazole rings is 1. The second kappa shape index (κ2) is 6.66. The fourth-order valence-corrected chi connectivity index (χ4v) is 6.40. The third-order valence-corrected chi connectivity index (χ3v) is 7.94. The molecule has 4 nitrogen and oxygen atoms in total. The van der Waals surface area contributed by atoms with Crippen LogP contribution in [0.5, 0.6) is 0 Å². The molecular weight excluding hydrogens is 360 g/mol. The number of thiophene rings is 1. The third kappa shape index (κ3) is 3.11. The topological polar surface area (TPSA) is 50.3 Å². The van der Waals surface area contributed by atoms with Gasteiger partial charge in [0, 0.05) is 22.5 Å². The maximum absolute atomic E-state index is 13.2. The van der Waals surface area contributed by atoms with Crippen molar-refractivity contribution in [1.82, 2.24) is 4.98 Å². The highest BCUT2D eigenvalue weighted by atomic mass is 32.2. The van der Waals surface area contributed by atoms with E-state index in [1.54, 1.807) is 6.07 Å². The summed E-state index contributed by atoms with van der Waals surface area (Å²) in [5, 5.41) is 2.84. The summed E-state index contributed by atoms with van der Waals surface area (Å²) in [5.41, 5.74) is 1.63.